The highest BCUT2D eigenvalue weighted by atomic mass is 35.5. The van der Waals surface area contributed by atoms with Crippen LogP contribution in [0.3, 0.4) is 0 Å². The molecule has 0 spiro atoms. The predicted octanol–water partition coefficient (Wildman–Crippen LogP) is 1.88. The monoisotopic (exact) mass is 269 g/mol. The molecule has 1 aliphatic carbocycles. The third-order valence-electron chi connectivity index (χ3n) is 3.47. The fraction of sp³-hybridized carbons (Fsp3) is 0.538. The summed E-state index contributed by atoms with van der Waals surface area (Å²) in [5.41, 5.74) is 6.91. The molecule has 2 rings (SSSR count). The molecule has 1 amide bonds. The van der Waals surface area contributed by atoms with Gasteiger partial charge in [0.05, 0.1) is 5.69 Å². The van der Waals surface area contributed by atoms with Crippen LogP contribution in [0.25, 0.3) is 0 Å². The van der Waals surface area contributed by atoms with Crippen molar-refractivity contribution in [2.45, 2.75) is 38.8 Å². The number of pyridine rings is 1. The summed E-state index contributed by atoms with van der Waals surface area (Å²) in [7, 11) is 0. The molecule has 3 N–H and O–H groups in total. The highest BCUT2D eigenvalue weighted by Gasteiger charge is 2.25. The first-order valence-corrected chi connectivity index (χ1v) is 6.16. The summed E-state index contributed by atoms with van der Waals surface area (Å²) in [4.78, 5) is 16.1. The van der Waals surface area contributed by atoms with Crippen molar-refractivity contribution in [2.24, 2.45) is 11.7 Å². The Hall–Kier alpha value is -1.13. The minimum Gasteiger partial charge on any atom is -0.349 e. The van der Waals surface area contributed by atoms with Crippen molar-refractivity contribution in [1.29, 1.82) is 0 Å². The number of rotatable bonds is 3. The zero-order valence-corrected chi connectivity index (χ0v) is 11.4. The van der Waals surface area contributed by atoms with Crippen LogP contribution in [-0.2, 0) is 6.54 Å². The second kappa shape index (κ2) is 6.71. The molecule has 1 saturated carbocycles. The van der Waals surface area contributed by atoms with Gasteiger partial charge in [-0.15, -0.1) is 12.4 Å². The minimum atomic E-state index is -0.0131. The number of hydrogen-bond acceptors (Lipinski definition) is 3. The van der Waals surface area contributed by atoms with Gasteiger partial charge in [-0.25, -0.2) is 0 Å². The first-order chi connectivity index (χ1) is 8.20. The molecule has 0 bridgehead atoms. The third-order valence-corrected chi connectivity index (χ3v) is 3.47. The first kappa shape index (κ1) is 14.9. The van der Waals surface area contributed by atoms with Gasteiger partial charge < -0.3 is 11.1 Å². The van der Waals surface area contributed by atoms with Crippen LogP contribution in [0.1, 0.15) is 42.2 Å². The number of nitrogens with two attached hydrogens (primary N) is 1. The second-order valence-electron chi connectivity index (χ2n) is 4.73. The van der Waals surface area contributed by atoms with Crippen LogP contribution in [0.15, 0.2) is 18.3 Å². The smallest absolute Gasteiger partial charge is 0.251 e. The average Bonchev–Trinajstić information content (AvgIpc) is 2.75. The number of carbonyl (C=O) groups is 1. The molecule has 2 atom stereocenters. The van der Waals surface area contributed by atoms with Crippen molar-refractivity contribution >= 4 is 18.3 Å². The lowest BCUT2D eigenvalue weighted by molar-refractivity contribution is 0.0929. The van der Waals surface area contributed by atoms with E-state index < -0.39 is 0 Å². The SMILES string of the molecule is CC1CCCC1NC(=O)c1ccnc(CN)c1.Cl. The Morgan fingerprint density at radius 3 is 2.94 bits per heavy atom. The maximum atomic E-state index is 12.0. The molecule has 100 valence electrons. The van der Waals surface area contributed by atoms with E-state index in [0.717, 1.165) is 12.1 Å². The van der Waals surface area contributed by atoms with Crippen LogP contribution in [0, 0.1) is 5.92 Å². The summed E-state index contributed by atoms with van der Waals surface area (Å²) in [6.07, 6.45) is 5.13. The van der Waals surface area contributed by atoms with Gasteiger partial charge in [0.15, 0.2) is 0 Å². The van der Waals surface area contributed by atoms with Crippen LogP contribution in [0.4, 0.5) is 0 Å². The molecule has 18 heavy (non-hydrogen) atoms. The number of hydrogen-bond donors (Lipinski definition) is 2. The molecule has 1 aromatic heterocycles. The van der Waals surface area contributed by atoms with Gasteiger partial charge in [-0.3, -0.25) is 9.78 Å². The molecular weight excluding hydrogens is 250 g/mol. The summed E-state index contributed by atoms with van der Waals surface area (Å²) in [6, 6.07) is 3.81. The van der Waals surface area contributed by atoms with Crippen molar-refractivity contribution in [3.8, 4) is 0 Å². The highest BCUT2D eigenvalue weighted by molar-refractivity contribution is 5.94. The van der Waals surface area contributed by atoms with E-state index in [9.17, 15) is 4.79 Å². The molecule has 2 unspecified atom stereocenters. The normalized spacial score (nSPS) is 22.3. The molecule has 1 heterocycles. The molecule has 0 saturated heterocycles. The maximum absolute atomic E-state index is 12.0. The van der Waals surface area contributed by atoms with Gasteiger partial charge >= 0.3 is 0 Å². The highest BCUT2D eigenvalue weighted by Crippen LogP contribution is 2.25. The Labute approximate surface area is 114 Å². The molecule has 1 aromatic rings. The lowest BCUT2D eigenvalue weighted by Crippen LogP contribution is -2.36. The summed E-state index contributed by atoms with van der Waals surface area (Å²) in [5, 5.41) is 3.09. The topological polar surface area (TPSA) is 68.0 Å². The molecule has 1 aliphatic rings. The number of halogens is 1. The summed E-state index contributed by atoms with van der Waals surface area (Å²) >= 11 is 0. The van der Waals surface area contributed by atoms with E-state index in [1.807, 2.05) is 0 Å². The predicted molar refractivity (Wildman–Crippen MR) is 73.6 cm³/mol. The largest absolute Gasteiger partial charge is 0.349 e. The van der Waals surface area contributed by atoms with Crippen molar-refractivity contribution in [1.82, 2.24) is 10.3 Å². The van der Waals surface area contributed by atoms with Crippen LogP contribution >= 0.6 is 12.4 Å². The van der Waals surface area contributed by atoms with Crippen LogP contribution in [0.2, 0.25) is 0 Å². The summed E-state index contributed by atoms with van der Waals surface area (Å²) in [6.45, 7) is 2.55. The van der Waals surface area contributed by atoms with E-state index in [-0.39, 0.29) is 18.3 Å². The van der Waals surface area contributed by atoms with Gasteiger partial charge in [0.25, 0.3) is 5.91 Å². The zero-order valence-electron chi connectivity index (χ0n) is 10.6. The van der Waals surface area contributed by atoms with Crippen LogP contribution in [0.5, 0.6) is 0 Å². The van der Waals surface area contributed by atoms with Crippen molar-refractivity contribution in [2.75, 3.05) is 0 Å². The van der Waals surface area contributed by atoms with Gasteiger partial charge in [-0.05, 0) is 30.9 Å². The lowest BCUT2D eigenvalue weighted by atomic mass is 10.1. The Balaban J connectivity index is 0.00000162. The third kappa shape index (κ3) is 3.43. The second-order valence-corrected chi connectivity index (χ2v) is 4.73. The lowest BCUT2D eigenvalue weighted by Gasteiger charge is -2.17. The van der Waals surface area contributed by atoms with E-state index in [1.165, 1.54) is 12.8 Å². The molecule has 4 nitrogen and oxygen atoms in total. The van der Waals surface area contributed by atoms with Crippen molar-refractivity contribution in [3.05, 3.63) is 29.6 Å². The summed E-state index contributed by atoms with van der Waals surface area (Å²) < 4.78 is 0. The van der Waals surface area contributed by atoms with E-state index in [0.29, 0.717) is 24.1 Å². The van der Waals surface area contributed by atoms with E-state index in [4.69, 9.17) is 5.73 Å². The molecule has 1 fully saturated rings. The van der Waals surface area contributed by atoms with Crippen molar-refractivity contribution < 1.29 is 4.79 Å². The molecule has 0 radical (unpaired) electrons. The number of amides is 1. The average molecular weight is 270 g/mol. The van der Waals surface area contributed by atoms with Crippen LogP contribution < -0.4 is 11.1 Å². The number of aromatic nitrogens is 1. The van der Waals surface area contributed by atoms with Crippen molar-refractivity contribution in [3.63, 3.8) is 0 Å². The zero-order chi connectivity index (χ0) is 12.3. The quantitative estimate of drug-likeness (QED) is 0.880. The van der Waals surface area contributed by atoms with Gasteiger partial charge in [-0.1, -0.05) is 13.3 Å². The molecule has 0 aromatic carbocycles. The van der Waals surface area contributed by atoms with Gasteiger partial charge in [0.1, 0.15) is 0 Å². The Morgan fingerprint density at radius 2 is 2.33 bits per heavy atom. The minimum absolute atomic E-state index is 0. The first-order valence-electron chi connectivity index (χ1n) is 6.16. The van der Waals surface area contributed by atoms with Gasteiger partial charge in [-0.2, -0.15) is 0 Å². The molecule has 0 aliphatic heterocycles. The summed E-state index contributed by atoms with van der Waals surface area (Å²) in [5.74, 6) is 0.565. The molecule has 5 heteroatoms. The standard InChI is InChI=1S/C13H19N3O.ClH/c1-9-3-2-4-12(9)16-13(17)10-5-6-15-11(7-10)8-14;/h5-7,9,12H,2-4,8,14H2,1H3,(H,16,17);1H. The fourth-order valence-electron chi connectivity index (χ4n) is 2.34. The number of carbonyl (C=O) groups excluding carboxylic acids is 1. The van der Waals surface area contributed by atoms with E-state index in [2.05, 4.69) is 17.2 Å². The number of nitrogens with one attached hydrogen (secondary N) is 1. The fourth-order valence-corrected chi connectivity index (χ4v) is 2.34. The Morgan fingerprint density at radius 1 is 1.56 bits per heavy atom. The van der Waals surface area contributed by atoms with E-state index in [1.54, 1.807) is 18.3 Å². The van der Waals surface area contributed by atoms with Crippen LogP contribution in [-0.4, -0.2) is 16.9 Å². The van der Waals surface area contributed by atoms with Gasteiger partial charge in [0.2, 0.25) is 0 Å². The Bertz CT molecular complexity index is 411. The Kier molecular flexibility index (Phi) is 5.56. The maximum Gasteiger partial charge on any atom is 0.251 e. The van der Waals surface area contributed by atoms with E-state index >= 15 is 0 Å². The van der Waals surface area contributed by atoms with Gasteiger partial charge in [0, 0.05) is 24.3 Å². The molecular formula is C13H20ClN3O. The number of nitrogens with zero attached hydrogens (tertiary/aromatic N) is 1.